The van der Waals surface area contributed by atoms with Crippen LogP contribution in [0.5, 0.6) is 0 Å². The molecule has 0 radical (unpaired) electrons. The van der Waals surface area contributed by atoms with Gasteiger partial charge in [-0.05, 0) is 27.2 Å². The molecule has 2 rings (SSSR count). The molecule has 1 saturated carbocycles. The lowest BCUT2D eigenvalue weighted by atomic mass is 9.75. The van der Waals surface area contributed by atoms with Crippen LogP contribution in [0, 0.1) is 17.8 Å². The van der Waals surface area contributed by atoms with E-state index >= 15 is 0 Å². The minimum atomic E-state index is -1.84. The minimum absolute atomic E-state index is 0.0298. The second-order valence-corrected chi connectivity index (χ2v) is 9.48. The van der Waals surface area contributed by atoms with Crippen molar-refractivity contribution >= 4 is 23.7 Å². The Hall–Kier alpha value is -2.52. The van der Waals surface area contributed by atoms with E-state index in [0.717, 1.165) is 0 Å². The van der Waals surface area contributed by atoms with Crippen LogP contribution in [0.4, 0.5) is 0 Å². The number of esters is 3. The average Bonchev–Trinajstić information content (AvgIpc) is 3.01. The third-order valence-corrected chi connectivity index (χ3v) is 6.24. The zero-order valence-corrected chi connectivity index (χ0v) is 20.0. The Kier molecular flexibility index (Phi) is 8.24. The van der Waals surface area contributed by atoms with Crippen molar-refractivity contribution in [3.05, 3.63) is 23.8 Å². The summed E-state index contributed by atoms with van der Waals surface area (Å²) in [7, 11) is 0. The molecule has 0 bridgehead atoms. The van der Waals surface area contributed by atoms with E-state index in [9.17, 15) is 29.4 Å². The zero-order valence-electron chi connectivity index (χ0n) is 20.0. The molecule has 2 fully saturated rings. The van der Waals surface area contributed by atoms with Crippen molar-refractivity contribution in [3.63, 3.8) is 0 Å². The van der Waals surface area contributed by atoms with Gasteiger partial charge < -0.3 is 24.4 Å². The first-order chi connectivity index (χ1) is 15.2. The fourth-order valence-electron chi connectivity index (χ4n) is 4.14. The van der Waals surface area contributed by atoms with Crippen molar-refractivity contribution in [3.8, 4) is 0 Å². The van der Waals surface area contributed by atoms with E-state index in [1.807, 2.05) is 0 Å². The van der Waals surface area contributed by atoms with Crippen LogP contribution in [0.25, 0.3) is 0 Å². The summed E-state index contributed by atoms with van der Waals surface area (Å²) >= 11 is 0. The molecule has 1 heterocycles. The van der Waals surface area contributed by atoms with E-state index in [-0.39, 0.29) is 24.0 Å². The van der Waals surface area contributed by atoms with Gasteiger partial charge in [-0.2, -0.15) is 0 Å². The van der Waals surface area contributed by atoms with Crippen LogP contribution in [0.15, 0.2) is 23.8 Å². The van der Waals surface area contributed by atoms with Gasteiger partial charge in [-0.3, -0.25) is 9.59 Å². The van der Waals surface area contributed by atoms with Gasteiger partial charge in [0, 0.05) is 23.5 Å². The van der Waals surface area contributed by atoms with Crippen LogP contribution in [0.1, 0.15) is 54.4 Å². The molecule has 184 valence electrons. The van der Waals surface area contributed by atoms with Gasteiger partial charge in [0.1, 0.15) is 5.60 Å². The highest BCUT2D eigenvalue weighted by molar-refractivity contribution is 5.95. The summed E-state index contributed by atoms with van der Waals surface area (Å²) in [5, 5.41) is 21.9. The molecule has 0 aromatic carbocycles. The Balaban J connectivity index is 2.65. The molecular weight excluding hydrogens is 432 g/mol. The van der Waals surface area contributed by atoms with Gasteiger partial charge in [0.15, 0.2) is 24.1 Å². The number of allylic oxidation sites excluding steroid dienone is 1. The lowest BCUT2D eigenvalue weighted by Crippen LogP contribution is -2.57. The van der Waals surface area contributed by atoms with E-state index < -0.39 is 71.5 Å². The summed E-state index contributed by atoms with van der Waals surface area (Å²) < 4.78 is 16.5. The first kappa shape index (κ1) is 26.7. The maximum atomic E-state index is 13.3. The number of ether oxygens (including phenoxy) is 3. The second-order valence-electron chi connectivity index (χ2n) is 9.48. The number of hydrogen-bond donors (Lipinski definition) is 2. The van der Waals surface area contributed by atoms with Crippen LogP contribution in [-0.4, -0.2) is 63.9 Å². The van der Waals surface area contributed by atoms with Crippen molar-refractivity contribution in [1.29, 1.82) is 0 Å². The third kappa shape index (κ3) is 5.70. The van der Waals surface area contributed by atoms with Crippen molar-refractivity contribution in [2.24, 2.45) is 17.8 Å². The molecular formula is C24H34O9. The van der Waals surface area contributed by atoms with E-state index in [1.165, 1.54) is 19.9 Å². The standard InChI is InChI=1S/C24H34O9/c1-8-12(4)22(28)33-20-19-16(14(6)23(29)32-19)18(31-21(27)11(2)3)17(26)13(5)9-15(25)10-24(20,7)30/h8,11,13,15-16,18-20,25,30H,6,9-10H2,1-5,7H3/b12-8-/t13-,15-,16+,18-,19+,20-,24-/m0/s1. The first-order valence-corrected chi connectivity index (χ1v) is 11.1. The van der Waals surface area contributed by atoms with E-state index in [4.69, 9.17) is 14.2 Å². The summed E-state index contributed by atoms with van der Waals surface area (Å²) in [6.45, 7) is 13.0. The summed E-state index contributed by atoms with van der Waals surface area (Å²) in [6, 6.07) is 0. The molecule has 0 spiro atoms. The van der Waals surface area contributed by atoms with Gasteiger partial charge in [-0.25, -0.2) is 9.59 Å². The molecule has 9 nitrogen and oxygen atoms in total. The predicted octanol–water partition coefficient (Wildman–Crippen LogP) is 1.64. The van der Waals surface area contributed by atoms with Crippen molar-refractivity contribution in [2.45, 2.75) is 84.4 Å². The van der Waals surface area contributed by atoms with Gasteiger partial charge in [-0.1, -0.05) is 33.4 Å². The molecule has 2 N–H and O–H groups in total. The molecule has 1 saturated heterocycles. The van der Waals surface area contributed by atoms with Crippen molar-refractivity contribution in [1.82, 2.24) is 0 Å². The number of hydrogen-bond acceptors (Lipinski definition) is 9. The monoisotopic (exact) mass is 466 g/mol. The fraction of sp³-hybridized carbons (Fsp3) is 0.667. The van der Waals surface area contributed by atoms with E-state index in [1.54, 1.807) is 27.7 Å². The average molecular weight is 467 g/mol. The largest absolute Gasteiger partial charge is 0.454 e. The Bertz CT molecular complexity index is 854. The molecule has 1 aliphatic carbocycles. The topological polar surface area (TPSA) is 136 Å². The van der Waals surface area contributed by atoms with Crippen molar-refractivity contribution in [2.75, 3.05) is 0 Å². The Morgan fingerprint density at radius 1 is 1.27 bits per heavy atom. The molecule has 2 aliphatic rings. The van der Waals surface area contributed by atoms with E-state index in [2.05, 4.69) is 6.58 Å². The molecule has 0 unspecified atom stereocenters. The fourth-order valence-corrected chi connectivity index (χ4v) is 4.14. The number of Topliss-reactive ketones (excluding diaryl/α,β-unsaturated/α-hetero) is 1. The molecule has 1 aliphatic heterocycles. The minimum Gasteiger partial charge on any atom is -0.454 e. The number of ketones is 1. The van der Waals surface area contributed by atoms with Gasteiger partial charge >= 0.3 is 17.9 Å². The Morgan fingerprint density at radius 3 is 2.42 bits per heavy atom. The Morgan fingerprint density at radius 2 is 1.88 bits per heavy atom. The summed E-state index contributed by atoms with van der Waals surface area (Å²) in [5.74, 6) is -5.31. The van der Waals surface area contributed by atoms with Gasteiger partial charge in [-0.15, -0.1) is 0 Å². The zero-order chi connectivity index (χ0) is 25.2. The smallest absolute Gasteiger partial charge is 0.334 e. The highest BCUT2D eigenvalue weighted by atomic mass is 16.6. The number of carbonyl (C=O) groups excluding carboxylic acids is 4. The van der Waals surface area contributed by atoms with Gasteiger partial charge in [0.25, 0.3) is 0 Å². The number of carbonyl (C=O) groups is 4. The maximum absolute atomic E-state index is 13.3. The molecule has 33 heavy (non-hydrogen) atoms. The molecule has 7 atom stereocenters. The normalized spacial score (nSPS) is 35.7. The van der Waals surface area contributed by atoms with Crippen LogP contribution in [-0.2, 0) is 33.4 Å². The number of aliphatic hydroxyl groups excluding tert-OH is 1. The summed E-state index contributed by atoms with van der Waals surface area (Å²) in [5.41, 5.74) is -1.72. The Labute approximate surface area is 193 Å². The summed E-state index contributed by atoms with van der Waals surface area (Å²) in [6.07, 6.45) is -4.20. The second kappa shape index (κ2) is 10.2. The van der Waals surface area contributed by atoms with Gasteiger partial charge in [0.05, 0.1) is 17.9 Å². The number of fused-ring (bicyclic) bond motifs is 1. The molecule has 9 heteroatoms. The lowest BCUT2D eigenvalue weighted by molar-refractivity contribution is -0.195. The maximum Gasteiger partial charge on any atom is 0.334 e. The number of aliphatic hydroxyl groups is 2. The molecule has 0 aromatic rings. The number of rotatable bonds is 4. The third-order valence-electron chi connectivity index (χ3n) is 6.24. The molecule has 0 amide bonds. The summed E-state index contributed by atoms with van der Waals surface area (Å²) in [4.78, 5) is 50.9. The highest BCUT2D eigenvalue weighted by Gasteiger charge is 2.57. The van der Waals surface area contributed by atoms with Crippen molar-refractivity contribution < 1.29 is 43.6 Å². The van der Waals surface area contributed by atoms with Crippen LogP contribution >= 0.6 is 0 Å². The quantitative estimate of drug-likeness (QED) is 0.360. The van der Waals surface area contributed by atoms with Crippen LogP contribution in [0.3, 0.4) is 0 Å². The van der Waals surface area contributed by atoms with Crippen LogP contribution < -0.4 is 0 Å². The first-order valence-electron chi connectivity index (χ1n) is 11.1. The predicted molar refractivity (Wildman–Crippen MR) is 117 cm³/mol. The van der Waals surface area contributed by atoms with Gasteiger partial charge in [0.2, 0.25) is 0 Å². The van der Waals surface area contributed by atoms with E-state index in [0.29, 0.717) is 0 Å². The SMILES string of the molecule is C=C1C(=O)O[C@@H]2[C@H]1[C@H](OC(=O)C(C)C)C(=O)[C@@H](C)C[C@H](O)C[C@](C)(O)[C@H]2OC(=O)/C(C)=C\C. The lowest BCUT2D eigenvalue weighted by Gasteiger charge is -2.41. The molecule has 0 aromatic heterocycles. The van der Waals surface area contributed by atoms with Crippen LogP contribution in [0.2, 0.25) is 0 Å². The highest BCUT2D eigenvalue weighted by Crippen LogP contribution is 2.41.